The molecule has 1 fully saturated rings. The van der Waals surface area contributed by atoms with Crippen molar-refractivity contribution in [2.24, 2.45) is 17.3 Å². The molecule has 0 amide bonds. The third-order valence-corrected chi connectivity index (χ3v) is 6.16. The maximum Gasteiger partial charge on any atom is -0.0354 e. The summed E-state index contributed by atoms with van der Waals surface area (Å²) >= 11 is 0. The molecule has 1 rings (SSSR count). The summed E-state index contributed by atoms with van der Waals surface area (Å²) in [7, 11) is 0. The fourth-order valence-electron chi connectivity index (χ4n) is 4.03. The van der Waals surface area contributed by atoms with Gasteiger partial charge in [-0.05, 0) is 36.5 Å². The largest absolute Gasteiger partial charge is 0.0654 e. The number of rotatable bonds is 16. The normalized spacial score (nSPS) is 20.9. The lowest BCUT2D eigenvalue weighted by atomic mass is 9.81. The van der Waals surface area contributed by atoms with Crippen molar-refractivity contribution in [2.45, 2.75) is 130 Å². The summed E-state index contributed by atoms with van der Waals surface area (Å²) in [5.74, 6) is 2.16. The van der Waals surface area contributed by atoms with Gasteiger partial charge in [0.05, 0.1) is 0 Å². The second-order valence-corrected chi connectivity index (χ2v) is 9.32. The van der Waals surface area contributed by atoms with Gasteiger partial charge in [-0.25, -0.2) is 0 Å². The molecule has 0 aromatic heterocycles. The molecular formula is C23H46. The van der Waals surface area contributed by atoms with Crippen LogP contribution in [-0.4, -0.2) is 0 Å². The van der Waals surface area contributed by atoms with Crippen molar-refractivity contribution in [1.29, 1.82) is 0 Å². The van der Waals surface area contributed by atoms with Crippen molar-refractivity contribution >= 4 is 0 Å². The van der Waals surface area contributed by atoms with Gasteiger partial charge in [-0.15, -0.1) is 0 Å². The zero-order valence-corrected chi connectivity index (χ0v) is 17.0. The molecule has 0 heteroatoms. The van der Waals surface area contributed by atoms with E-state index in [1.165, 1.54) is 103 Å². The Morgan fingerprint density at radius 2 is 1.13 bits per heavy atom. The van der Waals surface area contributed by atoms with Crippen LogP contribution in [0.2, 0.25) is 0 Å². The van der Waals surface area contributed by atoms with Gasteiger partial charge in [-0.3, -0.25) is 0 Å². The van der Waals surface area contributed by atoms with Crippen LogP contribution in [0.15, 0.2) is 0 Å². The average Bonchev–Trinajstić information content (AvgIpc) is 3.20. The fourth-order valence-corrected chi connectivity index (χ4v) is 4.03. The smallest absolute Gasteiger partial charge is 0.0354 e. The van der Waals surface area contributed by atoms with Crippen molar-refractivity contribution < 1.29 is 0 Å². The SMILES string of the molecule is CCCCCCCCCCCC(C)(C)CCCCCC1CC1C. The predicted octanol–water partition coefficient (Wildman–Crippen LogP) is 8.54. The number of unbranched alkanes of at least 4 members (excludes halogenated alkanes) is 10. The molecule has 0 nitrogen and oxygen atoms in total. The Morgan fingerprint density at radius 3 is 1.61 bits per heavy atom. The summed E-state index contributed by atoms with van der Waals surface area (Å²) in [5, 5.41) is 0. The summed E-state index contributed by atoms with van der Waals surface area (Å²) < 4.78 is 0. The lowest BCUT2D eigenvalue weighted by Crippen LogP contribution is -2.11. The van der Waals surface area contributed by atoms with Gasteiger partial charge in [0.25, 0.3) is 0 Å². The Bertz CT molecular complexity index is 265. The molecule has 1 aliphatic carbocycles. The third kappa shape index (κ3) is 12.1. The van der Waals surface area contributed by atoms with E-state index in [9.17, 15) is 0 Å². The first-order valence-electron chi connectivity index (χ1n) is 11.0. The zero-order chi connectivity index (χ0) is 17.0. The van der Waals surface area contributed by atoms with Gasteiger partial charge in [0.1, 0.15) is 0 Å². The minimum absolute atomic E-state index is 0.591. The van der Waals surface area contributed by atoms with Gasteiger partial charge in [-0.2, -0.15) is 0 Å². The molecule has 1 saturated carbocycles. The van der Waals surface area contributed by atoms with Gasteiger partial charge in [0, 0.05) is 0 Å². The molecule has 2 atom stereocenters. The molecule has 1 aliphatic rings. The van der Waals surface area contributed by atoms with E-state index >= 15 is 0 Å². The van der Waals surface area contributed by atoms with Crippen molar-refractivity contribution in [2.75, 3.05) is 0 Å². The second kappa shape index (κ2) is 12.4. The first kappa shape index (κ1) is 21.0. The maximum absolute atomic E-state index is 2.50. The van der Waals surface area contributed by atoms with Crippen LogP contribution in [0.25, 0.3) is 0 Å². The lowest BCUT2D eigenvalue weighted by Gasteiger charge is -2.24. The van der Waals surface area contributed by atoms with E-state index in [0.717, 1.165) is 11.8 Å². The molecule has 0 saturated heterocycles. The highest BCUT2D eigenvalue weighted by molar-refractivity contribution is 4.81. The van der Waals surface area contributed by atoms with Gasteiger partial charge >= 0.3 is 0 Å². The van der Waals surface area contributed by atoms with Crippen LogP contribution in [-0.2, 0) is 0 Å². The summed E-state index contributed by atoms with van der Waals surface area (Å²) in [6, 6.07) is 0. The Morgan fingerprint density at radius 1 is 0.696 bits per heavy atom. The van der Waals surface area contributed by atoms with Crippen molar-refractivity contribution in [3.8, 4) is 0 Å². The molecule has 2 unspecified atom stereocenters. The summed E-state index contributed by atoms with van der Waals surface area (Å²) in [6.45, 7) is 9.72. The maximum atomic E-state index is 2.50. The fraction of sp³-hybridized carbons (Fsp3) is 1.00. The number of hydrogen-bond donors (Lipinski definition) is 0. The standard InChI is InChI=1S/C23H46/c1-5-6-7-8-9-10-11-12-15-18-23(3,4)19-16-13-14-17-22-20-21(22)2/h21-22H,5-20H2,1-4H3. The van der Waals surface area contributed by atoms with Gasteiger partial charge in [0.15, 0.2) is 0 Å². The van der Waals surface area contributed by atoms with E-state index in [-0.39, 0.29) is 0 Å². The Balaban J connectivity index is 1.84. The second-order valence-electron chi connectivity index (χ2n) is 9.32. The monoisotopic (exact) mass is 322 g/mol. The molecule has 0 spiro atoms. The molecule has 23 heavy (non-hydrogen) atoms. The van der Waals surface area contributed by atoms with Crippen molar-refractivity contribution in [1.82, 2.24) is 0 Å². The molecule has 138 valence electrons. The topological polar surface area (TPSA) is 0 Å². The average molecular weight is 323 g/mol. The van der Waals surface area contributed by atoms with E-state index in [1.54, 1.807) is 0 Å². The first-order chi connectivity index (χ1) is 11.0. The van der Waals surface area contributed by atoms with Crippen LogP contribution in [0.4, 0.5) is 0 Å². The lowest BCUT2D eigenvalue weighted by molar-refractivity contribution is 0.281. The van der Waals surface area contributed by atoms with Crippen LogP contribution in [0.5, 0.6) is 0 Å². The van der Waals surface area contributed by atoms with E-state index in [4.69, 9.17) is 0 Å². The highest BCUT2D eigenvalue weighted by Gasteiger charge is 2.31. The molecule has 0 radical (unpaired) electrons. The van der Waals surface area contributed by atoms with E-state index in [0.29, 0.717) is 5.41 Å². The Labute approximate surface area is 148 Å². The van der Waals surface area contributed by atoms with Crippen LogP contribution in [0.3, 0.4) is 0 Å². The Kier molecular flexibility index (Phi) is 11.3. The molecule has 0 bridgehead atoms. The van der Waals surface area contributed by atoms with Gasteiger partial charge in [-0.1, -0.05) is 111 Å². The van der Waals surface area contributed by atoms with Crippen LogP contribution in [0, 0.1) is 17.3 Å². The van der Waals surface area contributed by atoms with Crippen LogP contribution >= 0.6 is 0 Å². The van der Waals surface area contributed by atoms with Crippen molar-refractivity contribution in [3.05, 3.63) is 0 Å². The number of hydrogen-bond acceptors (Lipinski definition) is 0. The zero-order valence-electron chi connectivity index (χ0n) is 17.0. The quantitative estimate of drug-likeness (QED) is 0.250. The highest BCUT2D eigenvalue weighted by Crippen LogP contribution is 2.41. The summed E-state index contributed by atoms with van der Waals surface area (Å²) in [4.78, 5) is 0. The molecule has 0 aliphatic heterocycles. The predicted molar refractivity (Wildman–Crippen MR) is 106 cm³/mol. The van der Waals surface area contributed by atoms with Crippen LogP contribution < -0.4 is 0 Å². The Hall–Kier alpha value is 0. The van der Waals surface area contributed by atoms with Gasteiger partial charge < -0.3 is 0 Å². The van der Waals surface area contributed by atoms with Crippen molar-refractivity contribution in [3.63, 3.8) is 0 Å². The minimum atomic E-state index is 0.591. The van der Waals surface area contributed by atoms with E-state index in [1.807, 2.05) is 0 Å². The van der Waals surface area contributed by atoms with E-state index in [2.05, 4.69) is 27.7 Å². The summed E-state index contributed by atoms with van der Waals surface area (Å²) in [6.07, 6.45) is 23.5. The molecule has 0 aromatic rings. The van der Waals surface area contributed by atoms with Gasteiger partial charge in [0.2, 0.25) is 0 Å². The highest BCUT2D eigenvalue weighted by atomic mass is 14.4. The minimum Gasteiger partial charge on any atom is -0.0654 e. The van der Waals surface area contributed by atoms with Crippen LogP contribution in [0.1, 0.15) is 130 Å². The molecule has 0 heterocycles. The van der Waals surface area contributed by atoms with E-state index < -0.39 is 0 Å². The summed E-state index contributed by atoms with van der Waals surface area (Å²) in [5.41, 5.74) is 0.591. The first-order valence-corrected chi connectivity index (χ1v) is 11.0. The molecule has 0 N–H and O–H groups in total. The molecular weight excluding hydrogens is 276 g/mol. The third-order valence-electron chi connectivity index (χ3n) is 6.16. The molecule has 0 aromatic carbocycles.